The zero-order chi connectivity index (χ0) is 20.4. The Morgan fingerprint density at radius 1 is 1.14 bits per heavy atom. The topological polar surface area (TPSA) is 87.7 Å². The third-order valence-electron chi connectivity index (χ3n) is 5.38. The number of rotatable bonds is 7. The van der Waals surface area contributed by atoms with Gasteiger partial charge in [-0.15, -0.1) is 0 Å². The van der Waals surface area contributed by atoms with Crippen LogP contribution in [-0.4, -0.2) is 34.8 Å². The molecule has 0 radical (unpaired) electrons. The molecule has 0 bridgehead atoms. The zero-order valence-electron chi connectivity index (χ0n) is 16.2. The van der Waals surface area contributed by atoms with E-state index in [1.54, 1.807) is 31.2 Å². The molecule has 2 aliphatic rings. The van der Waals surface area contributed by atoms with E-state index >= 15 is 0 Å². The van der Waals surface area contributed by atoms with E-state index in [2.05, 4.69) is 10.6 Å². The molecule has 1 atom stereocenters. The SMILES string of the molecule is CC1(C2CC2)NC(=O)N(CC(=O)Nc2ccc(OCc3ccccc3)cc2)C1=O. The van der Waals surface area contributed by atoms with Crippen LogP contribution < -0.4 is 15.4 Å². The summed E-state index contributed by atoms with van der Waals surface area (Å²) in [6.07, 6.45) is 1.84. The van der Waals surface area contributed by atoms with Crippen molar-refractivity contribution in [3.8, 4) is 5.75 Å². The largest absolute Gasteiger partial charge is 0.489 e. The lowest BCUT2D eigenvalue weighted by molar-refractivity contribution is -0.134. The highest BCUT2D eigenvalue weighted by atomic mass is 16.5. The fraction of sp³-hybridized carbons (Fsp3) is 0.318. The molecular formula is C22H23N3O4. The van der Waals surface area contributed by atoms with Gasteiger partial charge in [-0.05, 0) is 55.5 Å². The Hall–Kier alpha value is -3.35. The van der Waals surface area contributed by atoms with Gasteiger partial charge in [0.15, 0.2) is 0 Å². The summed E-state index contributed by atoms with van der Waals surface area (Å²) in [5, 5.41) is 5.45. The Balaban J connectivity index is 1.30. The molecule has 2 N–H and O–H groups in total. The molecule has 1 saturated carbocycles. The van der Waals surface area contributed by atoms with E-state index in [0.717, 1.165) is 23.3 Å². The lowest BCUT2D eigenvalue weighted by atomic mass is 9.96. The van der Waals surface area contributed by atoms with E-state index in [1.807, 2.05) is 30.3 Å². The number of amides is 4. The minimum absolute atomic E-state index is 0.162. The predicted molar refractivity (Wildman–Crippen MR) is 107 cm³/mol. The molecule has 150 valence electrons. The second kappa shape index (κ2) is 7.58. The van der Waals surface area contributed by atoms with E-state index in [0.29, 0.717) is 18.0 Å². The van der Waals surface area contributed by atoms with Crippen LogP contribution in [0.15, 0.2) is 54.6 Å². The molecule has 7 heteroatoms. The van der Waals surface area contributed by atoms with Gasteiger partial charge >= 0.3 is 6.03 Å². The van der Waals surface area contributed by atoms with Gasteiger partial charge in [-0.2, -0.15) is 0 Å². The van der Waals surface area contributed by atoms with Gasteiger partial charge in [0.25, 0.3) is 5.91 Å². The smallest absolute Gasteiger partial charge is 0.325 e. The van der Waals surface area contributed by atoms with Crippen molar-refractivity contribution in [3.63, 3.8) is 0 Å². The van der Waals surface area contributed by atoms with Crippen LogP contribution in [0.25, 0.3) is 0 Å². The number of nitrogens with zero attached hydrogens (tertiary/aromatic N) is 1. The van der Waals surface area contributed by atoms with Crippen LogP contribution >= 0.6 is 0 Å². The Kier molecular flexibility index (Phi) is 4.96. The second-order valence-electron chi connectivity index (χ2n) is 7.64. The fourth-order valence-corrected chi connectivity index (χ4v) is 3.52. The molecule has 2 fully saturated rings. The average Bonchev–Trinajstić information content (AvgIpc) is 3.54. The quantitative estimate of drug-likeness (QED) is 0.708. The summed E-state index contributed by atoms with van der Waals surface area (Å²) < 4.78 is 5.72. The number of carbonyl (C=O) groups is 3. The number of imide groups is 1. The minimum Gasteiger partial charge on any atom is -0.489 e. The van der Waals surface area contributed by atoms with E-state index < -0.39 is 17.5 Å². The molecule has 7 nitrogen and oxygen atoms in total. The summed E-state index contributed by atoms with van der Waals surface area (Å²) in [4.78, 5) is 38.1. The molecule has 1 unspecified atom stereocenters. The lowest BCUT2D eigenvalue weighted by Gasteiger charge is -2.20. The van der Waals surface area contributed by atoms with Crippen LogP contribution in [0.3, 0.4) is 0 Å². The van der Waals surface area contributed by atoms with E-state index in [-0.39, 0.29) is 18.4 Å². The summed E-state index contributed by atoms with van der Waals surface area (Å²) in [5.74, 6) is 0.0907. The van der Waals surface area contributed by atoms with Crippen molar-refractivity contribution in [3.05, 3.63) is 60.2 Å². The molecule has 2 aromatic carbocycles. The van der Waals surface area contributed by atoms with Crippen LogP contribution in [0.2, 0.25) is 0 Å². The van der Waals surface area contributed by atoms with E-state index in [1.165, 1.54) is 0 Å². The Morgan fingerprint density at radius 2 is 1.83 bits per heavy atom. The molecule has 29 heavy (non-hydrogen) atoms. The van der Waals surface area contributed by atoms with Gasteiger partial charge in [0.2, 0.25) is 5.91 Å². The molecule has 0 spiro atoms. The highest BCUT2D eigenvalue weighted by molar-refractivity contribution is 6.10. The van der Waals surface area contributed by atoms with Crippen LogP contribution in [0.1, 0.15) is 25.3 Å². The maximum atomic E-state index is 12.6. The first kappa shape index (κ1) is 19.0. The molecule has 4 rings (SSSR count). The number of hydrogen-bond acceptors (Lipinski definition) is 4. The van der Waals surface area contributed by atoms with Crippen LogP contribution in [0, 0.1) is 5.92 Å². The van der Waals surface area contributed by atoms with Crippen LogP contribution in [0.5, 0.6) is 5.75 Å². The third-order valence-corrected chi connectivity index (χ3v) is 5.38. The van der Waals surface area contributed by atoms with E-state index in [4.69, 9.17) is 4.74 Å². The molecule has 1 heterocycles. The van der Waals surface area contributed by atoms with Crippen molar-refractivity contribution < 1.29 is 19.1 Å². The van der Waals surface area contributed by atoms with Gasteiger partial charge in [0.1, 0.15) is 24.4 Å². The molecule has 1 aliphatic heterocycles. The monoisotopic (exact) mass is 393 g/mol. The number of carbonyl (C=O) groups excluding carboxylic acids is 3. The summed E-state index contributed by atoms with van der Waals surface area (Å²) in [5.41, 5.74) is 0.755. The van der Waals surface area contributed by atoms with Crippen molar-refractivity contribution in [2.75, 3.05) is 11.9 Å². The van der Waals surface area contributed by atoms with Crippen molar-refractivity contribution in [1.82, 2.24) is 10.2 Å². The van der Waals surface area contributed by atoms with Crippen molar-refractivity contribution in [2.24, 2.45) is 5.92 Å². The number of nitrogens with one attached hydrogen (secondary N) is 2. The molecule has 0 aromatic heterocycles. The number of hydrogen-bond donors (Lipinski definition) is 2. The summed E-state index contributed by atoms with van der Waals surface area (Å²) >= 11 is 0. The Morgan fingerprint density at radius 3 is 2.48 bits per heavy atom. The molecule has 4 amide bonds. The number of anilines is 1. The van der Waals surface area contributed by atoms with Gasteiger partial charge in [-0.1, -0.05) is 30.3 Å². The van der Waals surface area contributed by atoms with Crippen molar-refractivity contribution >= 4 is 23.5 Å². The maximum Gasteiger partial charge on any atom is 0.325 e. The first-order chi connectivity index (χ1) is 14.0. The normalized spacial score (nSPS) is 21.1. The van der Waals surface area contributed by atoms with Gasteiger partial charge in [-0.25, -0.2) is 4.79 Å². The first-order valence-electron chi connectivity index (χ1n) is 9.66. The van der Waals surface area contributed by atoms with Crippen LogP contribution in [-0.2, 0) is 16.2 Å². The Bertz CT molecular complexity index is 925. The van der Waals surface area contributed by atoms with Gasteiger partial charge < -0.3 is 15.4 Å². The molecule has 1 saturated heterocycles. The number of urea groups is 1. The zero-order valence-corrected chi connectivity index (χ0v) is 16.2. The summed E-state index contributed by atoms with van der Waals surface area (Å²) in [6.45, 7) is 1.88. The highest BCUT2D eigenvalue weighted by Crippen LogP contribution is 2.42. The van der Waals surface area contributed by atoms with Crippen LogP contribution in [0.4, 0.5) is 10.5 Å². The van der Waals surface area contributed by atoms with E-state index in [9.17, 15) is 14.4 Å². The second-order valence-corrected chi connectivity index (χ2v) is 7.64. The van der Waals surface area contributed by atoms with Gasteiger partial charge in [0, 0.05) is 5.69 Å². The Labute approximate surface area is 169 Å². The van der Waals surface area contributed by atoms with Gasteiger partial charge in [0.05, 0.1) is 0 Å². The maximum absolute atomic E-state index is 12.6. The van der Waals surface area contributed by atoms with Crippen molar-refractivity contribution in [1.29, 1.82) is 0 Å². The minimum atomic E-state index is -0.880. The first-order valence-corrected chi connectivity index (χ1v) is 9.66. The number of benzene rings is 2. The van der Waals surface area contributed by atoms with Gasteiger partial charge in [-0.3, -0.25) is 14.5 Å². The molecular weight excluding hydrogens is 370 g/mol. The highest BCUT2D eigenvalue weighted by Gasteiger charge is 2.56. The third kappa shape index (κ3) is 4.08. The average molecular weight is 393 g/mol. The molecule has 1 aliphatic carbocycles. The lowest BCUT2D eigenvalue weighted by Crippen LogP contribution is -2.46. The summed E-state index contributed by atoms with van der Waals surface area (Å²) in [7, 11) is 0. The number of ether oxygens (including phenoxy) is 1. The van der Waals surface area contributed by atoms with Crippen molar-refractivity contribution in [2.45, 2.75) is 31.9 Å². The predicted octanol–water partition coefficient (Wildman–Crippen LogP) is 2.92. The summed E-state index contributed by atoms with van der Waals surface area (Å²) in [6, 6.07) is 16.3. The fourth-order valence-electron chi connectivity index (χ4n) is 3.52. The standard InChI is InChI=1S/C22H23N3O4/c1-22(16-7-8-16)20(27)25(21(28)24-22)13-19(26)23-17-9-11-18(12-10-17)29-14-15-5-3-2-4-6-15/h2-6,9-12,16H,7-8,13-14H2,1H3,(H,23,26)(H,24,28). The molecule has 2 aromatic rings.